The predicted molar refractivity (Wildman–Crippen MR) is 115 cm³/mol. The van der Waals surface area contributed by atoms with Crippen LogP contribution in [0.3, 0.4) is 0 Å². The van der Waals surface area contributed by atoms with E-state index in [9.17, 15) is 10.1 Å². The Kier molecular flexibility index (Phi) is 7.43. The van der Waals surface area contributed by atoms with Crippen molar-refractivity contribution in [3.8, 4) is 18.2 Å². The summed E-state index contributed by atoms with van der Waals surface area (Å²) in [6, 6.07) is 11.6. The molecule has 10 nitrogen and oxygen atoms in total. The van der Waals surface area contributed by atoms with Crippen LogP contribution in [-0.2, 0) is 17.8 Å². The highest BCUT2D eigenvalue weighted by Crippen LogP contribution is 2.35. The highest BCUT2D eigenvalue weighted by atomic mass is 16.2. The highest BCUT2D eigenvalue weighted by molar-refractivity contribution is 5.95. The molecular weight excluding hydrogens is 394 g/mol. The maximum absolute atomic E-state index is 12.0. The number of hydrogen-bond acceptors (Lipinski definition) is 8. The molecule has 1 aromatic carbocycles. The second kappa shape index (κ2) is 10.00. The van der Waals surface area contributed by atoms with Crippen LogP contribution in [0.25, 0.3) is 0 Å². The molecule has 10 heteroatoms. The standard InChI is InChI=1S/C21H23N9O/c1-14(2)28(4)16-6-7-19(20(12-16)29(5)15(3)31)25-26-21-17(13-24)18(8-9-22)27-30(21)11-10-23/h6-7,12,14H,8,11H2,1-5H3. The van der Waals surface area contributed by atoms with E-state index in [1.165, 1.54) is 16.5 Å². The molecule has 1 aromatic heterocycles. The van der Waals surface area contributed by atoms with Crippen molar-refractivity contribution < 1.29 is 4.79 Å². The van der Waals surface area contributed by atoms with E-state index in [0.717, 1.165) is 5.69 Å². The fourth-order valence-electron chi connectivity index (χ4n) is 2.75. The Bertz CT molecular complexity index is 1130. The number of amides is 1. The molecule has 1 heterocycles. The summed E-state index contributed by atoms with van der Waals surface area (Å²) in [5.74, 6) is -0.0848. The van der Waals surface area contributed by atoms with Gasteiger partial charge in [-0.15, -0.1) is 10.2 Å². The molecule has 0 bridgehead atoms. The van der Waals surface area contributed by atoms with E-state index in [-0.39, 0.29) is 42.0 Å². The first-order valence-corrected chi connectivity index (χ1v) is 9.51. The number of nitrogens with zero attached hydrogens (tertiary/aromatic N) is 9. The molecule has 0 unspecified atom stereocenters. The van der Waals surface area contributed by atoms with Crippen molar-refractivity contribution in [2.75, 3.05) is 23.9 Å². The number of carbonyl (C=O) groups excluding carboxylic acids is 1. The van der Waals surface area contributed by atoms with Crippen molar-refractivity contribution in [3.63, 3.8) is 0 Å². The molecule has 0 saturated heterocycles. The summed E-state index contributed by atoms with van der Waals surface area (Å²) in [6.07, 6.45) is -0.0849. The fourth-order valence-corrected chi connectivity index (χ4v) is 2.75. The minimum absolute atomic E-state index is 0.0849. The summed E-state index contributed by atoms with van der Waals surface area (Å²) >= 11 is 0. The van der Waals surface area contributed by atoms with Crippen LogP contribution in [0.1, 0.15) is 32.0 Å². The van der Waals surface area contributed by atoms with Crippen LogP contribution in [0.4, 0.5) is 22.9 Å². The third-order valence-corrected chi connectivity index (χ3v) is 4.80. The van der Waals surface area contributed by atoms with Gasteiger partial charge in [0.15, 0.2) is 5.82 Å². The number of hydrogen-bond donors (Lipinski definition) is 0. The molecule has 2 aromatic rings. The van der Waals surface area contributed by atoms with Gasteiger partial charge in [-0.1, -0.05) is 0 Å². The molecule has 0 saturated carbocycles. The fraction of sp³-hybridized carbons (Fsp3) is 0.381. The number of nitriles is 3. The Morgan fingerprint density at radius 2 is 1.90 bits per heavy atom. The van der Waals surface area contributed by atoms with Crippen molar-refractivity contribution in [2.45, 2.75) is 39.8 Å². The lowest BCUT2D eigenvalue weighted by molar-refractivity contribution is -0.116. The molecule has 2 rings (SSSR count). The monoisotopic (exact) mass is 417 g/mol. The van der Waals surface area contributed by atoms with E-state index >= 15 is 0 Å². The summed E-state index contributed by atoms with van der Waals surface area (Å²) in [7, 11) is 3.59. The minimum Gasteiger partial charge on any atom is -0.372 e. The van der Waals surface area contributed by atoms with E-state index in [1.807, 2.05) is 37.4 Å². The van der Waals surface area contributed by atoms with Crippen molar-refractivity contribution in [2.24, 2.45) is 10.2 Å². The van der Waals surface area contributed by atoms with Crippen LogP contribution in [0, 0.1) is 34.0 Å². The molecule has 0 aliphatic carbocycles. The molecule has 0 aliphatic rings. The number of aromatic nitrogens is 2. The van der Waals surface area contributed by atoms with E-state index in [0.29, 0.717) is 11.4 Å². The Labute approximate surface area is 181 Å². The van der Waals surface area contributed by atoms with E-state index < -0.39 is 0 Å². The molecule has 158 valence electrons. The Morgan fingerprint density at radius 3 is 2.45 bits per heavy atom. The van der Waals surface area contributed by atoms with Crippen LogP contribution in [0.5, 0.6) is 0 Å². The van der Waals surface area contributed by atoms with Crippen molar-refractivity contribution in [1.82, 2.24) is 9.78 Å². The molecule has 31 heavy (non-hydrogen) atoms. The Hall–Kier alpha value is -4.23. The first kappa shape index (κ1) is 23.1. The molecule has 0 N–H and O–H groups in total. The summed E-state index contributed by atoms with van der Waals surface area (Å²) in [5.41, 5.74) is 2.19. The van der Waals surface area contributed by atoms with Gasteiger partial charge in [0.25, 0.3) is 0 Å². The topological polar surface area (TPSA) is 137 Å². The third-order valence-electron chi connectivity index (χ3n) is 4.80. The Balaban J connectivity index is 2.60. The van der Waals surface area contributed by atoms with Crippen LogP contribution in [0.15, 0.2) is 28.4 Å². The zero-order valence-corrected chi connectivity index (χ0v) is 18.2. The zero-order chi connectivity index (χ0) is 23.1. The molecule has 0 atom stereocenters. The zero-order valence-electron chi connectivity index (χ0n) is 18.2. The van der Waals surface area contributed by atoms with Crippen molar-refractivity contribution in [3.05, 3.63) is 29.5 Å². The van der Waals surface area contributed by atoms with E-state index in [4.69, 9.17) is 10.5 Å². The first-order chi connectivity index (χ1) is 14.7. The van der Waals surface area contributed by atoms with E-state index in [2.05, 4.69) is 34.1 Å². The normalized spacial score (nSPS) is 10.5. The predicted octanol–water partition coefficient (Wildman–Crippen LogP) is 3.59. The Morgan fingerprint density at radius 1 is 1.19 bits per heavy atom. The van der Waals surface area contributed by atoms with Crippen LogP contribution in [0.2, 0.25) is 0 Å². The van der Waals surface area contributed by atoms with Crippen LogP contribution in [-0.4, -0.2) is 35.8 Å². The maximum Gasteiger partial charge on any atom is 0.223 e. The smallest absolute Gasteiger partial charge is 0.223 e. The molecule has 0 radical (unpaired) electrons. The molecular formula is C21H23N9O. The summed E-state index contributed by atoms with van der Waals surface area (Å²) in [5, 5.41) is 40.1. The number of benzene rings is 1. The quantitative estimate of drug-likeness (QED) is 0.631. The molecule has 0 aliphatic heterocycles. The second-order valence-electron chi connectivity index (χ2n) is 7.06. The number of azo groups is 1. The lowest BCUT2D eigenvalue weighted by Gasteiger charge is -2.26. The lowest BCUT2D eigenvalue weighted by atomic mass is 10.2. The van der Waals surface area contributed by atoms with Gasteiger partial charge in [0, 0.05) is 32.7 Å². The highest BCUT2D eigenvalue weighted by Gasteiger charge is 2.19. The second-order valence-corrected chi connectivity index (χ2v) is 7.06. The van der Waals surface area contributed by atoms with Gasteiger partial charge in [-0.3, -0.25) is 4.79 Å². The summed E-state index contributed by atoms with van der Waals surface area (Å²) in [4.78, 5) is 15.5. The maximum atomic E-state index is 12.0. The molecule has 1 amide bonds. The molecule has 0 fully saturated rings. The van der Waals surface area contributed by atoms with Gasteiger partial charge < -0.3 is 9.80 Å². The van der Waals surface area contributed by atoms with Crippen LogP contribution >= 0.6 is 0 Å². The van der Waals surface area contributed by atoms with Crippen LogP contribution < -0.4 is 9.80 Å². The number of carbonyl (C=O) groups is 1. The van der Waals surface area contributed by atoms with Gasteiger partial charge in [-0.05, 0) is 32.0 Å². The van der Waals surface area contributed by atoms with Gasteiger partial charge in [0.05, 0.1) is 29.9 Å². The number of rotatable bonds is 7. The first-order valence-electron chi connectivity index (χ1n) is 9.51. The van der Waals surface area contributed by atoms with Crippen molar-refractivity contribution in [1.29, 1.82) is 15.8 Å². The molecule has 0 spiro atoms. The minimum atomic E-state index is -0.177. The van der Waals surface area contributed by atoms with E-state index in [1.54, 1.807) is 13.1 Å². The largest absolute Gasteiger partial charge is 0.372 e. The SMILES string of the molecule is CC(=O)N(C)c1cc(N(C)C(C)C)ccc1N=Nc1c(C#N)c(CC#N)nn1CC#N. The van der Waals surface area contributed by atoms with Gasteiger partial charge in [-0.2, -0.15) is 20.9 Å². The average Bonchev–Trinajstić information content (AvgIpc) is 3.07. The van der Waals surface area contributed by atoms with Gasteiger partial charge in [0.2, 0.25) is 5.91 Å². The van der Waals surface area contributed by atoms with Crippen molar-refractivity contribution >= 4 is 28.8 Å². The average molecular weight is 417 g/mol. The summed E-state index contributed by atoms with van der Waals surface area (Å²) in [6.45, 7) is 5.41. The van der Waals surface area contributed by atoms with Gasteiger partial charge in [-0.25, -0.2) is 4.68 Å². The summed E-state index contributed by atoms with van der Waals surface area (Å²) < 4.78 is 1.24. The lowest BCUT2D eigenvalue weighted by Crippen LogP contribution is -2.27. The van der Waals surface area contributed by atoms with Gasteiger partial charge in [0.1, 0.15) is 23.9 Å². The third kappa shape index (κ3) is 5.04. The van der Waals surface area contributed by atoms with Gasteiger partial charge >= 0.3 is 0 Å². The number of anilines is 2.